The predicted octanol–water partition coefficient (Wildman–Crippen LogP) is 5.18. The summed E-state index contributed by atoms with van der Waals surface area (Å²) < 4.78 is 22.0. The number of benzene rings is 2. The van der Waals surface area contributed by atoms with Crippen molar-refractivity contribution in [3.63, 3.8) is 0 Å². The topological polar surface area (TPSA) is 43.5 Å². The molecule has 0 aliphatic carbocycles. The zero-order valence-electron chi connectivity index (χ0n) is 17.7. The first-order chi connectivity index (χ1) is 14.1. The number of ether oxygens (including phenoxy) is 4. The second-order valence-corrected chi connectivity index (χ2v) is 8.58. The number of epoxide rings is 2. The molecule has 0 spiro atoms. The van der Waals surface area contributed by atoms with Gasteiger partial charge in [-0.05, 0) is 59.6 Å². The standard InChI is InChI=1S/C25H32O4/c1-17(19(3)20-7-9-22(10-8-20)26-13-24-15-28-24)11-18(2)21-5-4-6-23(12-21)27-14-25-16-29-25/h4-10,12,17-19,24-25H,11,13-16H2,1-3H3. The lowest BCUT2D eigenvalue weighted by atomic mass is 9.81. The lowest BCUT2D eigenvalue weighted by molar-refractivity contribution is 0.262. The Hall–Kier alpha value is -2.04. The molecule has 29 heavy (non-hydrogen) atoms. The molecule has 2 fully saturated rings. The second-order valence-electron chi connectivity index (χ2n) is 8.58. The first-order valence-corrected chi connectivity index (χ1v) is 10.8. The highest BCUT2D eigenvalue weighted by Crippen LogP contribution is 2.34. The van der Waals surface area contributed by atoms with Gasteiger partial charge in [0.25, 0.3) is 0 Å². The van der Waals surface area contributed by atoms with E-state index >= 15 is 0 Å². The lowest BCUT2D eigenvalue weighted by Crippen LogP contribution is -2.10. The van der Waals surface area contributed by atoms with Gasteiger partial charge in [0, 0.05) is 0 Å². The van der Waals surface area contributed by atoms with Gasteiger partial charge in [0.05, 0.1) is 13.2 Å². The van der Waals surface area contributed by atoms with Crippen molar-refractivity contribution in [2.75, 3.05) is 26.4 Å². The molecular formula is C25H32O4. The third-order valence-corrected chi connectivity index (χ3v) is 6.09. The van der Waals surface area contributed by atoms with Crippen LogP contribution in [0.5, 0.6) is 11.5 Å². The van der Waals surface area contributed by atoms with Crippen LogP contribution in [0.3, 0.4) is 0 Å². The summed E-state index contributed by atoms with van der Waals surface area (Å²) in [5.41, 5.74) is 2.70. The van der Waals surface area contributed by atoms with Crippen LogP contribution in [0.2, 0.25) is 0 Å². The average molecular weight is 397 g/mol. The summed E-state index contributed by atoms with van der Waals surface area (Å²) in [5.74, 6) is 3.41. The van der Waals surface area contributed by atoms with E-state index in [4.69, 9.17) is 18.9 Å². The van der Waals surface area contributed by atoms with Gasteiger partial charge in [-0.25, -0.2) is 0 Å². The SMILES string of the molecule is CC(CC(C)C(C)c1ccc(OCC2CO2)cc1)c1cccc(OCC2CO2)c1. The Bertz CT molecular complexity index is 780. The molecule has 0 saturated carbocycles. The zero-order valence-corrected chi connectivity index (χ0v) is 17.7. The van der Waals surface area contributed by atoms with Gasteiger partial charge in [0.1, 0.15) is 36.9 Å². The summed E-state index contributed by atoms with van der Waals surface area (Å²) in [6.45, 7) is 9.94. The number of rotatable bonds is 11. The first-order valence-electron chi connectivity index (χ1n) is 10.8. The monoisotopic (exact) mass is 396 g/mol. The quantitative estimate of drug-likeness (QED) is 0.491. The Kier molecular flexibility index (Phi) is 6.41. The first kappa shape index (κ1) is 20.2. The Labute approximate surface area is 174 Å². The molecule has 0 aromatic heterocycles. The lowest BCUT2D eigenvalue weighted by Gasteiger charge is -2.24. The predicted molar refractivity (Wildman–Crippen MR) is 114 cm³/mol. The molecule has 2 heterocycles. The van der Waals surface area contributed by atoms with Crippen LogP contribution in [0, 0.1) is 5.92 Å². The highest BCUT2D eigenvalue weighted by molar-refractivity contribution is 5.32. The van der Waals surface area contributed by atoms with Gasteiger partial charge in [0.15, 0.2) is 0 Å². The third-order valence-electron chi connectivity index (χ3n) is 6.09. The van der Waals surface area contributed by atoms with Gasteiger partial charge >= 0.3 is 0 Å². The van der Waals surface area contributed by atoms with Crippen molar-refractivity contribution in [1.82, 2.24) is 0 Å². The Morgan fingerprint density at radius 1 is 0.828 bits per heavy atom. The number of hydrogen-bond donors (Lipinski definition) is 0. The van der Waals surface area contributed by atoms with Crippen molar-refractivity contribution >= 4 is 0 Å². The van der Waals surface area contributed by atoms with Crippen LogP contribution in [-0.2, 0) is 9.47 Å². The van der Waals surface area contributed by atoms with Gasteiger partial charge in [-0.3, -0.25) is 0 Å². The molecule has 2 aliphatic heterocycles. The maximum Gasteiger partial charge on any atom is 0.119 e. The Morgan fingerprint density at radius 3 is 2.07 bits per heavy atom. The minimum atomic E-state index is 0.288. The van der Waals surface area contributed by atoms with Gasteiger partial charge in [-0.2, -0.15) is 0 Å². The second kappa shape index (κ2) is 9.19. The average Bonchev–Trinajstić information content (AvgIpc) is 3.65. The van der Waals surface area contributed by atoms with Crippen molar-refractivity contribution in [3.8, 4) is 11.5 Å². The van der Waals surface area contributed by atoms with Gasteiger partial charge in [-0.1, -0.05) is 45.0 Å². The van der Waals surface area contributed by atoms with Crippen molar-refractivity contribution < 1.29 is 18.9 Å². The minimum Gasteiger partial charge on any atom is -0.491 e. The molecule has 0 amide bonds. The van der Waals surface area contributed by atoms with Crippen LogP contribution in [0.4, 0.5) is 0 Å². The molecule has 2 saturated heterocycles. The van der Waals surface area contributed by atoms with E-state index < -0.39 is 0 Å². The van der Waals surface area contributed by atoms with Crippen LogP contribution in [0.25, 0.3) is 0 Å². The molecule has 5 atom stereocenters. The third kappa shape index (κ3) is 5.97. The fraction of sp³-hybridized carbons (Fsp3) is 0.520. The van der Waals surface area contributed by atoms with E-state index in [0.29, 0.717) is 37.1 Å². The van der Waals surface area contributed by atoms with E-state index in [1.54, 1.807) is 0 Å². The highest BCUT2D eigenvalue weighted by Gasteiger charge is 2.24. The van der Waals surface area contributed by atoms with Crippen LogP contribution < -0.4 is 9.47 Å². The van der Waals surface area contributed by atoms with E-state index in [9.17, 15) is 0 Å². The molecule has 4 heteroatoms. The van der Waals surface area contributed by atoms with Gasteiger partial charge < -0.3 is 18.9 Å². The van der Waals surface area contributed by atoms with Crippen LogP contribution in [-0.4, -0.2) is 38.6 Å². The van der Waals surface area contributed by atoms with Crippen molar-refractivity contribution in [3.05, 3.63) is 59.7 Å². The summed E-state index contributed by atoms with van der Waals surface area (Å²) in [7, 11) is 0. The summed E-state index contributed by atoms with van der Waals surface area (Å²) >= 11 is 0. The van der Waals surface area contributed by atoms with E-state index in [2.05, 4.69) is 63.2 Å². The van der Waals surface area contributed by atoms with Crippen LogP contribution in [0.1, 0.15) is 50.2 Å². The fourth-order valence-corrected chi connectivity index (χ4v) is 3.71. The van der Waals surface area contributed by atoms with E-state index in [-0.39, 0.29) is 6.10 Å². The summed E-state index contributed by atoms with van der Waals surface area (Å²) in [4.78, 5) is 0. The molecule has 4 rings (SSSR count). The van der Waals surface area contributed by atoms with Gasteiger partial charge in [0.2, 0.25) is 0 Å². The smallest absolute Gasteiger partial charge is 0.119 e. The molecule has 0 N–H and O–H groups in total. The Balaban J connectivity index is 1.30. The molecular weight excluding hydrogens is 364 g/mol. The van der Waals surface area contributed by atoms with Crippen molar-refractivity contribution in [2.45, 2.75) is 51.2 Å². The van der Waals surface area contributed by atoms with Crippen LogP contribution >= 0.6 is 0 Å². The molecule has 0 bridgehead atoms. The summed E-state index contributed by atoms with van der Waals surface area (Å²) in [6.07, 6.45) is 1.71. The summed E-state index contributed by atoms with van der Waals surface area (Å²) in [6, 6.07) is 17.1. The van der Waals surface area contributed by atoms with E-state index in [1.165, 1.54) is 11.1 Å². The minimum absolute atomic E-state index is 0.288. The number of hydrogen-bond acceptors (Lipinski definition) is 4. The van der Waals surface area contributed by atoms with E-state index in [1.807, 2.05) is 6.07 Å². The molecule has 2 aromatic rings. The molecule has 4 nitrogen and oxygen atoms in total. The molecule has 5 unspecified atom stereocenters. The highest BCUT2D eigenvalue weighted by atomic mass is 16.6. The fourth-order valence-electron chi connectivity index (χ4n) is 3.71. The zero-order chi connectivity index (χ0) is 20.2. The Morgan fingerprint density at radius 2 is 1.45 bits per heavy atom. The van der Waals surface area contributed by atoms with Crippen molar-refractivity contribution in [1.29, 1.82) is 0 Å². The molecule has 156 valence electrons. The van der Waals surface area contributed by atoms with Crippen LogP contribution in [0.15, 0.2) is 48.5 Å². The molecule has 2 aliphatic rings. The molecule has 2 aromatic carbocycles. The maximum atomic E-state index is 5.85. The van der Waals surface area contributed by atoms with E-state index in [0.717, 1.165) is 31.1 Å². The maximum absolute atomic E-state index is 5.85. The summed E-state index contributed by atoms with van der Waals surface area (Å²) in [5, 5.41) is 0. The van der Waals surface area contributed by atoms with Gasteiger partial charge in [-0.15, -0.1) is 0 Å². The van der Waals surface area contributed by atoms with Crippen molar-refractivity contribution in [2.24, 2.45) is 5.92 Å². The molecule has 0 radical (unpaired) electrons. The normalized spacial score (nSPS) is 23.1. The largest absolute Gasteiger partial charge is 0.491 e.